The van der Waals surface area contributed by atoms with Crippen molar-refractivity contribution < 1.29 is 4.79 Å². The predicted octanol–water partition coefficient (Wildman–Crippen LogP) is 1.67. The number of nitrogens with two attached hydrogens (primary N) is 1. The van der Waals surface area contributed by atoms with E-state index in [1.165, 1.54) is 5.56 Å². The average molecular weight is 244 g/mol. The molecule has 1 atom stereocenters. The van der Waals surface area contributed by atoms with Crippen LogP contribution in [0, 0.1) is 0 Å². The van der Waals surface area contributed by atoms with Crippen LogP contribution in [0.4, 0.5) is 0 Å². The first-order chi connectivity index (χ1) is 8.72. The van der Waals surface area contributed by atoms with Crippen molar-refractivity contribution in [3.8, 4) is 0 Å². The molecule has 1 saturated carbocycles. The monoisotopic (exact) mass is 244 g/mol. The van der Waals surface area contributed by atoms with Crippen molar-refractivity contribution in [1.29, 1.82) is 0 Å². The number of benzene rings is 1. The number of carbonyl (C=O) groups excluding carboxylic acids is 1. The molecule has 0 spiro atoms. The lowest BCUT2D eigenvalue weighted by molar-refractivity contribution is -0.135. The number of likely N-dealkylation sites (tertiary alicyclic amines) is 1. The predicted molar refractivity (Wildman–Crippen MR) is 71.1 cm³/mol. The molecule has 1 amide bonds. The van der Waals surface area contributed by atoms with Gasteiger partial charge in [-0.05, 0) is 31.2 Å². The van der Waals surface area contributed by atoms with Crippen LogP contribution in [0.5, 0.6) is 0 Å². The Morgan fingerprint density at radius 2 is 2.00 bits per heavy atom. The Hall–Kier alpha value is -1.35. The van der Waals surface area contributed by atoms with Gasteiger partial charge < -0.3 is 10.6 Å². The van der Waals surface area contributed by atoms with E-state index in [9.17, 15) is 4.79 Å². The van der Waals surface area contributed by atoms with Crippen LogP contribution in [0.25, 0.3) is 0 Å². The molecule has 1 aliphatic heterocycles. The summed E-state index contributed by atoms with van der Waals surface area (Å²) in [7, 11) is 0. The number of carbonyl (C=O) groups is 1. The third kappa shape index (κ3) is 1.93. The van der Waals surface area contributed by atoms with E-state index in [0.717, 1.165) is 38.8 Å². The van der Waals surface area contributed by atoms with E-state index in [4.69, 9.17) is 5.73 Å². The van der Waals surface area contributed by atoms with Crippen LogP contribution in [0.3, 0.4) is 0 Å². The first-order valence-electron chi connectivity index (χ1n) is 6.83. The molecular weight excluding hydrogens is 224 g/mol. The molecule has 2 aliphatic rings. The standard InChI is InChI=1S/C15H20N2O/c16-13-7-4-10-17(11-13)14(18)15(8-9-15)12-5-2-1-3-6-12/h1-3,5-6,13H,4,7-11,16H2/t13-/m1/s1. The molecule has 3 heteroatoms. The van der Waals surface area contributed by atoms with Gasteiger partial charge in [0, 0.05) is 19.1 Å². The van der Waals surface area contributed by atoms with Gasteiger partial charge in [0.1, 0.15) is 0 Å². The van der Waals surface area contributed by atoms with Crippen molar-refractivity contribution in [1.82, 2.24) is 4.90 Å². The second kappa shape index (κ2) is 4.39. The van der Waals surface area contributed by atoms with E-state index < -0.39 is 0 Å². The Labute approximate surface area is 108 Å². The molecule has 1 saturated heterocycles. The van der Waals surface area contributed by atoms with E-state index in [-0.39, 0.29) is 11.5 Å². The maximum Gasteiger partial charge on any atom is 0.233 e. The molecule has 96 valence electrons. The third-order valence-electron chi connectivity index (χ3n) is 4.23. The zero-order valence-electron chi connectivity index (χ0n) is 10.6. The van der Waals surface area contributed by atoms with Gasteiger partial charge in [-0.15, -0.1) is 0 Å². The maximum atomic E-state index is 12.7. The van der Waals surface area contributed by atoms with Gasteiger partial charge in [-0.2, -0.15) is 0 Å². The topological polar surface area (TPSA) is 46.3 Å². The second-order valence-corrected chi connectivity index (χ2v) is 5.60. The van der Waals surface area contributed by atoms with E-state index >= 15 is 0 Å². The Morgan fingerprint density at radius 1 is 1.28 bits per heavy atom. The van der Waals surface area contributed by atoms with Crippen LogP contribution in [0.15, 0.2) is 30.3 Å². The first-order valence-corrected chi connectivity index (χ1v) is 6.83. The van der Waals surface area contributed by atoms with Crippen molar-refractivity contribution in [3.63, 3.8) is 0 Å². The highest BCUT2D eigenvalue weighted by molar-refractivity contribution is 5.91. The maximum absolute atomic E-state index is 12.7. The van der Waals surface area contributed by atoms with Crippen LogP contribution < -0.4 is 5.73 Å². The highest BCUT2D eigenvalue weighted by atomic mass is 16.2. The molecule has 0 unspecified atom stereocenters. The Kier molecular flexibility index (Phi) is 2.86. The third-order valence-corrected chi connectivity index (χ3v) is 4.23. The van der Waals surface area contributed by atoms with Gasteiger partial charge in [-0.1, -0.05) is 30.3 Å². The molecule has 0 radical (unpaired) electrons. The van der Waals surface area contributed by atoms with Crippen LogP contribution in [0.1, 0.15) is 31.2 Å². The van der Waals surface area contributed by atoms with Crippen molar-refractivity contribution in [2.75, 3.05) is 13.1 Å². The molecular formula is C15H20N2O. The quantitative estimate of drug-likeness (QED) is 0.860. The summed E-state index contributed by atoms with van der Waals surface area (Å²) in [6, 6.07) is 10.4. The lowest BCUT2D eigenvalue weighted by Gasteiger charge is -2.33. The van der Waals surface area contributed by atoms with Gasteiger partial charge >= 0.3 is 0 Å². The Balaban J connectivity index is 1.80. The molecule has 3 rings (SSSR count). The van der Waals surface area contributed by atoms with E-state index in [1.807, 2.05) is 23.1 Å². The van der Waals surface area contributed by atoms with Gasteiger partial charge in [0.25, 0.3) is 0 Å². The lowest BCUT2D eigenvalue weighted by atomic mass is 9.93. The van der Waals surface area contributed by atoms with Crippen LogP contribution in [0.2, 0.25) is 0 Å². The molecule has 1 aromatic rings. The smallest absolute Gasteiger partial charge is 0.233 e. The molecule has 0 aromatic heterocycles. The summed E-state index contributed by atoms with van der Waals surface area (Å²) in [5.74, 6) is 0.295. The van der Waals surface area contributed by atoms with Gasteiger partial charge in [-0.3, -0.25) is 4.79 Å². The fourth-order valence-corrected chi connectivity index (χ4v) is 3.01. The molecule has 1 heterocycles. The summed E-state index contributed by atoms with van der Waals surface area (Å²) in [5.41, 5.74) is 6.92. The van der Waals surface area contributed by atoms with Crippen molar-refractivity contribution >= 4 is 5.91 Å². The minimum absolute atomic E-state index is 0.161. The average Bonchev–Trinajstić information content (AvgIpc) is 3.20. The first kappa shape index (κ1) is 11.7. The SMILES string of the molecule is N[C@@H]1CCCN(C(=O)C2(c3ccccc3)CC2)C1. The number of amides is 1. The van der Waals surface area contributed by atoms with Gasteiger partial charge in [0.15, 0.2) is 0 Å². The summed E-state index contributed by atoms with van der Waals surface area (Å²) in [6.07, 6.45) is 4.06. The van der Waals surface area contributed by atoms with Crippen LogP contribution in [-0.4, -0.2) is 29.9 Å². The van der Waals surface area contributed by atoms with Crippen molar-refractivity contribution in [2.45, 2.75) is 37.1 Å². The van der Waals surface area contributed by atoms with Crippen LogP contribution in [-0.2, 0) is 10.2 Å². The number of hydrogen-bond acceptors (Lipinski definition) is 2. The summed E-state index contributed by atoms with van der Waals surface area (Å²) < 4.78 is 0. The van der Waals surface area contributed by atoms with Gasteiger partial charge in [-0.25, -0.2) is 0 Å². The molecule has 3 nitrogen and oxygen atoms in total. The molecule has 0 bridgehead atoms. The van der Waals surface area contributed by atoms with Gasteiger partial charge in [0.05, 0.1) is 5.41 Å². The minimum atomic E-state index is -0.224. The fraction of sp³-hybridized carbons (Fsp3) is 0.533. The molecule has 1 aliphatic carbocycles. The second-order valence-electron chi connectivity index (χ2n) is 5.60. The minimum Gasteiger partial charge on any atom is -0.340 e. The number of hydrogen-bond donors (Lipinski definition) is 1. The summed E-state index contributed by atoms with van der Waals surface area (Å²) in [6.45, 7) is 1.61. The molecule has 1 aromatic carbocycles. The number of piperidine rings is 1. The Bertz CT molecular complexity index is 439. The summed E-state index contributed by atoms with van der Waals surface area (Å²) in [4.78, 5) is 14.7. The van der Waals surface area contributed by atoms with Crippen molar-refractivity contribution in [3.05, 3.63) is 35.9 Å². The lowest BCUT2D eigenvalue weighted by Crippen LogP contribution is -2.49. The molecule has 2 N–H and O–H groups in total. The summed E-state index contributed by atoms with van der Waals surface area (Å²) in [5, 5.41) is 0. The summed E-state index contributed by atoms with van der Waals surface area (Å²) >= 11 is 0. The highest BCUT2D eigenvalue weighted by Gasteiger charge is 2.53. The highest BCUT2D eigenvalue weighted by Crippen LogP contribution is 2.49. The van der Waals surface area contributed by atoms with Crippen molar-refractivity contribution in [2.24, 2.45) is 5.73 Å². The largest absolute Gasteiger partial charge is 0.340 e. The molecule has 2 fully saturated rings. The van der Waals surface area contributed by atoms with E-state index in [1.54, 1.807) is 0 Å². The zero-order valence-corrected chi connectivity index (χ0v) is 10.6. The number of nitrogens with zero attached hydrogens (tertiary/aromatic N) is 1. The number of rotatable bonds is 2. The fourth-order valence-electron chi connectivity index (χ4n) is 3.01. The normalized spacial score (nSPS) is 25.8. The van der Waals surface area contributed by atoms with Gasteiger partial charge in [0.2, 0.25) is 5.91 Å². The van der Waals surface area contributed by atoms with E-state index in [2.05, 4.69) is 12.1 Å². The van der Waals surface area contributed by atoms with E-state index in [0.29, 0.717) is 5.91 Å². The van der Waals surface area contributed by atoms with Crippen LogP contribution >= 0.6 is 0 Å². The Morgan fingerprint density at radius 3 is 2.61 bits per heavy atom. The molecule has 18 heavy (non-hydrogen) atoms. The zero-order chi connectivity index (χ0) is 12.6.